The second-order valence-corrected chi connectivity index (χ2v) is 6.52. The molecular weight excluding hydrogens is 254 g/mol. The van der Waals surface area contributed by atoms with Crippen molar-refractivity contribution in [2.45, 2.75) is 51.6 Å². The van der Waals surface area contributed by atoms with Gasteiger partial charge in [-0.2, -0.15) is 0 Å². The first-order valence-corrected chi connectivity index (χ1v) is 8.01. The van der Waals surface area contributed by atoms with Gasteiger partial charge in [0.1, 0.15) is 0 Å². The van der Waals surface area contributed by atoms with E-state index in [2.05, 4.69) is 74.6 Å². The molecule has 0 spiro atoms. The molecule has 1 nitrogen and oxygen atoms in total. The van der Waals surface area contributed by atoms with Crippen molar-refractivity contribution in [1.29, 1.82) is 0 Å². The van der Waals surface area contributed by atoms with Crippen LogP contribution in [-0.2, 0) is 0 Å². The van der Waals surface area contributed by atoms with Crippen molar-refractivity contribution in [1.82, 2.24) is 5.32 Å². The Hall–Kier alpha value is -1.60. The SMILES string of the molecule is Cc1ccc([C@H](C)NC2CC(c3ccccc3C)C2)cc1. The van der Waals surface area contributed by atoms with Gasteiger partial charge in [0.05, 0.1) is 0 Å². The van der Waals surface area contributed by atoms with Crippen LogP contribution in [0.25, 0.3) is 0 Å². The second kappa shape index (κ2) is 6.03. The van der Waals surface area contributed by atoms with Crippen LogP contribution in [0.3, 0.4) is 0 Å². The van der Waals surface area contributed by atoms with Crippen molar-refractivity contribution >= 4 is 0 Å². The Balaban J connectivity index is 1.55. The van der Waals surface area contributed by atoms with Crippen LogP contribution < -0.4 is 5.32 Å². The minimum atomic E-state index is 0.438. The molecule has 0 aromatic heterocycles. The summed E-state index contributed by atoms with van der Waals surface area (Å²) in [7, 11) is 0. The van der Waals surface area contributed by atoms with E-state index in [1.54, 1.807) is 5.56 Å². The summed E-state index contributed by atoms with van der Waals surface area (Å²) in [6, 6.07) is 18.8. The molecule has 0 unspecified atom stereocenters. The minimum absolute atomic E-state index is 0.438. The molecular formula is C20H25N. The molecule has 1 aliphatic carbocycles. The van der Waals surface area contributed by atoms with Gasteiger partial charge in [-0.15, -0.1) is 0 Å². The Morgan fingerprint density at radius 2 is 1.62 bits per heavy atom. The van der Waals surface area contributed by atoms with Gasteiger partial charge < -0.3 is 5.32 Å². The van der Waals surface area contributed by atoms with Crippen LogP contribution in [0.1, 0.15) is 54.0 Å². The fourth-order valence-electron chi connectivity index (χ4n) is 3.36. The summed E-state index contributed by atoms with van der Waals surface area (Å²) in [5.41, 5.74) is 5.69. The molecule has 2 aromatic carbocycles. The van der Waals surface area contributed by atoms with Crippen molar-refractivity contribution in [3.8, 4) is 0 Å². The molecule has 0 aliphatic heterocycles. The van der Waals surface area contributed by atoms with Gasteiger partial charge in [0.2, 0.25) is 0 Å². The van der Waals surface area contributed by atoms with Crippen molar-refractivity contribution in [2.75, 3.05) is 0 Å². The molecule has 1 aliphatic rings. The summed E-state index contributed by atoms with van der Waals surface area (Å²) in [5, 5.41) is 3.77. The molecule has 0 amide bonds. The van der Waals surface area contributed by atoms with Gasteiger partial charge in [-0.25, -0.2) is 0 Å². The van der Waals surface area contributed by atoms with E-state index in [1.807, 2.05) is 0 Å². The summed E-state index contributed by atoms with van der Waals surface area (Å²) in [4.78, 5) is 0. The van der Waals surface area contributed by atoms with Gasteiger partial charge in [-0.1, -0.05) is 54.1 Å². The summed E-state index contributed by atoms with van der Waals surface area (Å²) in [6.45, 7) is 6.64. The van der Waals surface area contributed by atoms with E-state index >= 15 is 0 Å². The number of hydrogen-bond donors (Lipinski definition) is 1. The van der Waals surface area contributed by atoms with Gasteiger partial charge in [0.15, 0.2) is 0 Å². The van der Waals surface area contributed by atoms with E-state index in [0.29, 0.717) is 12.1 Å². The van der Waals surface area contributed by atoms with Gasteiger partial charge in [0, 0.05) is 12.1 Å². The van der Waals surface area contributed by atoms with Crippen LogP contribution in [0.4, 0.5) is 0 Å². The van der Waals surface area contributed by atoms with Crippen LogP contribution in [-0.4, -0.2) is 6.04 Å². The largest absolute Gasteiger partial charge is 0.307 e. The van der Waals surface area contributed by atoms with Crippen molar-refractivity contribution in [3.05, 3.63) is 70.8 Å². The molecule has 3 rings (SSSR count). The van der Waals surface area contributed by atoms with Crippen molar-refractivity contribution in [2.24, 2.45) is 0 Å². The predicted molar refractivity (Wildman–Crippen MR) is 89.7 cm³/mol. The van der Waals surface area contributed by atoms with Crippen LogP contribution in [0.5, 0.6) is 0 Å². The molecule has 0 saturated heterocycles. The molecule has 1 saturated carbocycles. The minimum Gasteiger partial charge on any atom is -0.307 e. The van der Waals surface area contributed by atoms with Crippen LogP contribution in [0, 0.1) is 13.8 Å². The molecule has 0 radical (unpaired) electrons. The highest BCUT2D eigenvalue weighted by atomic mass is 15.0. The van der Waals surface area contributed by atoms with Gasteiger partial charge in [-0.3, -0.25) is 0 Å². The first kappa shape index (κ1) is 14.3. The molecule has 1 N–H and O–H groups in total. The average molecular weight is 279 g/mol. The Bertz CT molecular complexity index is 593. The zero-order valence-electron chi connectivity index (χ0n) is 13.3. The number of benzene rings is 2. The van der Waals surface area contributed by atoms with Crippen molar-refractivity contribution in [3.63, 3.8) is 0 Å². The lowest BCUT2D eigenvalue weighted by molar-refractivity contribution is 0.270. The van der Waals surface area contributed by atoms with Crippen LogP contribution in [0.15, 0.2) is 48.5 Å². The van der Waals surface area contributed by atoms with E-state index in [0.717, 1.165) is 5.92 Å². The molecule has 1 atom stereocenters. The third-order valence-electron chi connectivity index (χ3n) is 4.83. The summed E-state index contributed by atoms with van der Waals surface area (Å²) in [6.07, 6.45) is 2.53. The first-order chi connectivity index (χ1) is 10.1. The maximum absolute atomic E-state index is 3.77. The molecule has 0 heterocycles. The number of hydrogen-bond acceptors (Lipinski definition) is 1. The Kier molecular flexibility index (Phi) is 4.12. The lowest BCUT2D eigenvalue weighted by Crippen LogP contribution is -2.41. The van der Waals surface area contributed by atoms with E-state index in [9.17, 15) is 0 Å². The van der Waals surface area contributed by atoms with Gasteiger partial charge in [-0.05, 0) is 56.2 Å². The zero-order chi connectivity index (χ0) is 14.8. The Morgan fingerprint density at radius 3 is 2.29 bits per heavy atom. The van der Waals surface area contributed by atoms with Crippen LogP contribution >= 0.6 is 0 Å². The highest BCUT2D eigenvalue weighted by Crippen LogP contribution is 2.39. The number of nitrogens with one attached hydrogen (secondary N) is 1. The maximum atomic E-state index is 3.77. The average Bonchev–Trinajstić information content (AvgIpc) is 2.44. The molecule has 0 bridgehead atoms. The van der Waals surface area contributed by atoms with Gasteiger partial charge in [0.25, 0.3) is 0 Å². The summed E-state index contributed by atoms with van der Waals surface area (Å²) in [5.74, 6) is 0.744. The molecule has 21 heavy (non-hydrogen) atoms. The maximum Gasteiger partial charge on any atom is 0.0294 e. The van der Waals surface area contributed by atoms with E-state index in [-0.39, 0.29) is 0 Å². The highest BCUT2D eigenvalue weighted by molar-refractivity contribution is 5.31. The zero-order valence-corrected chi connectivity index (χ0v) is 13.3. The van der Waals surface area contributed by atoms with Gasteiger partial charge >= 0.3 is 0 Å². The first-order valence-electron chi connectivity index (χ1n) is 8.01. The normalized spacial score (nSPS) is 22.6. The molecule has 1 heteroatoms. The monoisotopic (exact) mass is 279 g/mol. The fraction of sp³-hybridized carbons (Fsp3) is 0.400. The predicted octanol–water partition coefficient (Wildman–Crippen LogP) is 4.90. The van der Waals surface area contributed by atoms with E-state index in [4.69, 9.17) is 0 Å². The van der Waals surface area contributed by atoms with Crippen molar-refractivity contribution < 1.29 is 0 Å². The smallest absolute Gasteiger partial charge is 0.0294 e. The number of aryl methyl sites for hydroxylation is 2. The fourth-order valence-corrected chi connectivity index (χ4v) is 3.36. The molecule has 1 fully saturated rings. The third kappa shape index (κ3) is 3.19. The second-order valence-electron chi connectivity index (χ2n) is 6.52. The highest BCUT2D eigenvalue weighted by Gasteiger charge is 2.31. The van der Waals surface area contributed by atoms with E-state index in [1.165, 1.54) is 29.5 Å². The number of rotatable bonds is 4. The quantitative estimate of drug-likeness (QED) is 0.839. The lowest BCUT2D eigenvalue weighted by atomic mass is 9.74. The standard InChI is InChI=1S/C20H25N/c1-14-8-10-17(11-9-14)16(3)21-19-12-18(13-19)20-7-5-4-6-15(20)2/h4-11,16,18-19,21H,12-13H2,1-3H3/t16-,18?,19?/m0/s1. The van der Waals surface area contributed by atoms with Crippen LogP contribution in [0.2, 0.25) is 0 Å². The molecule has 2 aromatic rings. The lowest BCUT2D eigenvalue weighted by Gasteiger charge is -2.39. The molecule has 110 valence electrons. The topological polar surface area (TPSA) is 12.0 Å². The summed E-state index contributed by atoms with van der Waals surface area (Å²) < 4.78 is 0. The third-order valence-corrected chi connectivity index (χ3v) is 4.83. The Morgan fingerprint density at radius 1 is 0.952 bits per heavy atom. The Labute approximate surface area is 128 Å². The van der Waals surface area contributed by atoms with E-state index < -0.39 is 0 Å². The summed E-state index contributed by atoms with van der Waals surface area (Å²) >= 11 is 0.